The summed E-state index contributed by atoms with van der Waals surface area (Å²) in [4.78, 5) is 10.8. The van der Waals surface area contributed by atoms with E-state index in [0.29, 0.717) is 12.3 Å². The highest BCUT2D eigenvalue weighted by atomic mass is 19.1. The molecular formula is C13H12FNO3. The fourth-order valence-corrected chi connectivity index (χ4v) is 1.55. The van der Waals surface area contributed by atoms with E-state index in [-0.39, 0.29) is 11.5 Å². The van der Waals surface area contributed by atoms with Crippen LogP contribution in [0.3, 0.4) is 0 Å². The van der Waals surface area contributed by atoms with Crippen molar-refractivity contribution in [1.29, 1.82) is 0 Å². The third-order valence-corrected chi connectivity index (χ3v) is 2.36. The highest BCUT2D eigenvalue weighted by molar-refractivity contribution is 5.69. The molecule has 2 aromatic rings. The number of ether oxygens (including phenoxy) is 1. The molecule has 0 bridgehead atoms. The second-order valence-corrected chi connectivity index (χ2v) is 3.73. The Labute approximate surface area is 103 Å². The minimum absolute atomic E-state index is 0.0371. The van der Waals surface area contributed by atoms with Gasteiger partial charge in [0.05, 0.1) is 5.56 Å². The maximum absolute atomic E-state index is 13.7. The molecule has 1 aromatic heterocycles. The van der Waals surface area contributed by atoms with Crippen molar-refractivity contribution in [2.75, 3.05) is 0 Å². The van der Waals surface area contributed by atoms with E-state index in [9.17, 15) is 9.18 Å². The summed E-state index contributed by atoms with van der Waals surface area (Å²) in [5, 5.41) is 0. The van der Waals surface area contributed by atoms with E-state index in [1.807, 2.05) is 0 Å². The highest BCUT2D eigenvalue weighted by Crippen LogP contribution is 2.29. The molecule has 0 amide bonds. The number of carbonyl (C=O) groups is 1. The van der Waals surface area contributed by atoms with Crippen LogP contribution in [-0.2, 0) is 11.3 Å². The lowest BCUT2D eigenvalue weighted by Gasteiger charge is -2.02. The van der Waals surface area contributed by atoms with Gasteiger partial charge in [-0.2, -0.15) is 0 Å². The molecule has 1 aromatic carbocycles. The largest absolute Gasteiger partial charge is 0.425 e. The number of rotatable bonds is 3. The van der Waals surface area contributed by atoms with Crippen molar-refractivity contribution in [2.45, 2.75) is 13.5 Å². The van der Waals surface area contributed by atoms with Crippen molar-refractivity contribution in [3.05, 3.63) is 41.7 Å². The Bertz CT molecular complexity index is 577. The van der Waals surface area contributed by atoms with Gasteiger partial charge in [0, 0.05) is 19.5 Å². The summed E-state index contributed by atoms with van der Waals surface area (Å²) in [5.74, 6) is -0.586. The molecule has 0 saturated carbocycles. The van der Waals surface area contributed by atoms with Crippen LogP contribution in [0.5, 0.6) is 5.95 Å². The van der Waals surface area contributed by atoms with Crippen LogP contribution >= 0.6 is 0 Å². The minimum atomic E-state index is -0.493. The lowest BCUT2D eigenvalue weighted by Crippen LogP contribution is -1.99. The van der Waals surface area contributed by atoms with Crippen molar-refractivity contribution >= 4 is 5.97 Å². The van der Waals surface area contributed by atoms with Crippen molar-refractivity contribution in [3.63, 3.8) is 0 Å². The van der Waals surface area contributed by atoms with E-state index in [1.165, 1.54) is 25.1 Å². The molecule has 1 heterocycles. The second kappa shape index (κ2) is 5.01. The topological polar surface area (TPSA) is 65.5 Å². The summed E-state index contributed by atoms with van der Waals surface area (Å²) in [7, 11) is 0. The number of hydrogen-bond acceptors (Lipinski definition) is 4. The van der Waals surface area contributed by atoms with E-state index in [4.69, 9.17) is 14.9 Å². The number of hydrogen-bond donors (Lipinski definition) is 1. The molecular weight excluding hydrogens is 237 g/mol. The van der Waals surface area contributed by atoms with Crippen LogP contribution < -0.4 is 10.5 Å². The molecule has 0 saturated heterocycles. The first-order valence-corrected chi connectivity index (χ1v) is 5.37. The Kier molecular flexibility index (Phi) is 3.43. The smallest absolute Gasteiger partial charge is 0.310 e. The van der Waals surface area contributed by atoms with Crippen LogP contribution in [0.25, 0.3) is 11.3 Å². The number of nitrogens with two attached hydrogens (primary N) is 1. The third-order valence-electron chi connectivity index (χ3n) is 2.36. The van der Waals surface area contributed by atoms with Gasteiger partial charge in [-0.1, -0.05) is 6.07 Å². The fraction of sp³-hybridized carbons (Fsp3) is 0.154. The summed E-state index contributed by atoms with van der Waals surface area (Å²) in [6.45, 7) is 1.57. The van der Waals surface area contributed by atoms with Crippen LogP contribution in [0.4, 0.5) is 4.39 Å². The van der Waals surface area contributed by atoms with Gasteiger partial charge >= 0.3 is 5.97 Å². The quantitative estimate of drug-likeness (QED) is 0.848. The average molecular weight is 249 g/mol. The average Bonchev–Trinajstić information content (AvgIpc) is 2.77. The molecule has 0 aliphatic carbocycles. The van der Waals surface area contributed by atoms with Gasteiger partial charge in [0.2, 0.25) is 0 Å². The number of esters is 1. The Morgan fingerprint density at radius 1 is 1.39 bits per heavy atom. The predicted octanol–water partition coefficient (Wildman–Crippen LogP) is 2.47. The van der Waals surface area contributed by atoms with E-state index < -0.39 is 11.8 Å². The van der Waals surface area contributed by atoms with Crippen molar-refractivity contribution in [2.24, 2.45) is 5.73 Å². The zero-order chi connectivity index (χ0) is 13.1. The van der Waals surface area contributed by atoms with Crippen LogP contribution in [0.15, 0.2) is 34.7 Å². The van der Waals surface area contributed by atoms with E-state index in [1.54, 1.807) is 12.1 Å². The highest BCUT2D eigenvalue weighted by Gasteiger charge is 2.12. The molecule has 0 unspecified atom stereocenters. The molecule has 0 aliphatic rings. The van der Waals surface area contributed by atoms with Gasteiger partial charge in [0.15, 0.2) is 0 Å². The normalized spacial score (nSPS) is 10.4. The Hall–Kier alpha value is -2.14. The molecule has 2 rings (SSSR count). The first-order valence-electron chi connectivity index (χ1n) is 5.37. The maximum atomic E-state index is 13.7. The minimum Gasteiger partial charge on any atom is -0.425 e. The van der Waals surface area contributed by atoms with Crippen molar-refractivity contribution in [3.8, 4) is 17.3 Å². The monoisotopic (exact) mass is 249 g/mol. The van der Waals surface area contributed by atoms with Crippen molar-refractivity contribution < 1.29 is 18.3 Å². The van der Waals surface area contributed by atoms with Gasteiger partial charge in [-0.25, -0.2) is 4.39 Å². The summed E-state index contributed by atoms with van der Waals surface area (Å²) in [6.07, 6.45) is 0. The first kappa shape index (κ1) is 12.3. The summed E-state index contributed by atoms with van der Waals surface area (Å²) < 4.78 is 23.7. The van der Waals surface area contributed by atoms with Gasteiger partial charge < -0.3 is 14.9 Å². The van der Waals surface area contributed by atoms with Gasteiger partial charge in [0.25, 0.3) is 5.95 Å². The van der Waals surface area contributed by atoms with E-state index in [2.05, 4.69) is 0 Å². The number of halogens is 1. The zero-order valence-corrected chi connectivity index (χ0v) is 9.77. The summed E-state index contributed by atoms with van der Waals surface area (Å²) in [6, 6.07) is 7.54. The standard InChI is InChI=1S/C13H12FNO3/c1-8(16)17-13-5-4-12(18-13)10-6-9(7-15)2-3-11(10)14/h2-6H,7,15H2,1H3. The molecule has 0 spiro atoms. The Morgan fingerprint density at radius 2 is 2.17 bits per heavy atom. The molecule has 4 nitrogen and oxygen atoms in total. The first-order chi connectivity index (χ1) is 8.60. The van der Waals surface area contributed by atoms with Gasteiger partial charge in [-0.3, -0.25) is 4.79 Å². The van der Waals surface area contributed by atoms with Crippen LogP contribution in [0.2, 0.25) is 0 Å². The lowest BCUT2D eigenvalue weighted by atomic mass is 10.1. The number of carbonyl (C=O) groups excluding carboxylic acids is 1. The molecule has 18 heavy (non-hydrogen) atoms. The van der Waals surface area contributed by atoms with Crippen LogP contribution in [0, 0.1) is 5.82 Å². The predicted molar refractivity (Wildman–Crippen MR) is 63.3 cm³/mol. The summed E-state index contributed by atoms with van der Waals surface area (Å²) in [5.41, 5.74) is 6.57. The zero-order valence-electron chi connectivity index (χ0n) is 9.77. The molecule has 0 fully saturated rings. The van der Waals surface area contributed by atoms with E-state index in [0.717, 1.165) is 5.56 Å². The number of furan rings is 1. The molecule has 5 heteroatoms. The molecule has 94 valence electrons. The molecule has 0 radical (unpaired) electrons. The SMILES string of the molecule is CC(=O)Oc1ccc(-c2cc(CN)ccc2F)o1. The number of benzene rings is 1. The fourth-order valence-electron chi connectivity index (χ4n) is 1.55. The lowest BCUT2D eigenvalue weighted by molar-refractivity contribution is -0.133. The van der Waals surface area contributed by atoms with Crippen LogP contribution in [-0.4, -0.2) is 5.97 Å². The Balaban J connectivity index is 2.36. The van der Waals surface area contributed by atoms with Gasteiger partial charge in [-0.05, 0) is 23.8 Å². The molecule has 0 aliphatic heterocycles. The van der Waals surface area contributed by atoms with Gasteiger partial charge in [-0.15, -0.1) is 0 Å². The van der Waals surface area contributed by atoms with Gasteiger partial charge in [0.1, 0.15) is 11.6 Å². The van der Waals surface area contributed by atoms with E-state index >= 15 is 0 Å². The molecule has 2 N–H and O–H groups in total. The third kappa shape index (κ3) is 2.57. The summed E-state index contributed by atoms with van der Waals surface area (Å²) >= 11 is 0. The maximum Gasteiger partial charge on any atom is 0.310 e. The van der Waals surface area contributed by atoms with Crippen molar-refractivity contribution in [1.82, 2.24) is 0 Å². The molecule has 0 atom stereocenters. The second-order valence-electron chi connectivity index (χ2n) is 3.73. The van der Waals surface area contributed by atoms with Crippen LogP contribution in [0.1, 0.15) is 12.5 Å². The Morgan fingerprint density at radius 3 is 2.83 bits per heavy atom.